The van der Waals surface area contributed by atoms with Gasteiger partial charge in [-0.1, -0.05) is 32.1 Å². The van der Waals surface area contributed by atoms with Gasteiger partial charge in [0.05, 0.1) is 24.1 Å². The summed E-state index contributed by atoms with van der Waals surface area (Å²) in [7, 11) is 1.62. The van der Waals surface area contributed by atoms with Crippen LogP contribution in [0.5, 0.6) is 5.75 Å². The van der Waals surface area contributed by atoms with Crippen LogP contribution in [0.3, 0.4) is 0 Å². The molecular formula is C28H40N2O4. The normalized spacial score (nSPS) is 20.3. The van der Waals surface area contributed by atoms with Crippen LogP contribution < -0.4 is 4.74 Å². The predicted octanol–water partition coefficient (Wildman–Crippen LogP) is 5.50. The first-order chi connectivity index (χ1) is 16.4. The van der Waals surface area contributed by atoms with Crippen molar-refractivity contribution >= 4 is 16.9 Å². The van der Waals surface area contributed by atoms with Gasteiger partial charge in [0.15, 0.2) is 0 Å². The van der Waals surface area contributed by atoms with E-state index in [2.05, 4.69) is 9.88 Å². The number of nitrogens with zero attached hydrogens (tertiary/aromatic N) is 2. The smallest absolute Gasteiger partial charge is 0.309 e. The van der Waals surface area contributed by atoms with Gasteiger partial charge in [-0.25, -0.2) is 0 Å². The Balaban J connectivity index is 1.39. The number of ether oxygens (including phenoxy) is 1. The number of methoxy groups -OCH3 is 1. The summed E-state index contributed by atoms with van der Waals surface area (Å²) in [6, 6.07) is 5.67. The van der Waals surface area contributed by atoms with Gasteiger partial charge in [-0.3, -0.25) is 9.78 Å². The SMILES string of the molecule is COc1ccc2ncc(C)c([C@H](O)CCC3(C(=O)O)CCN(CCC4CCCCC4)CC3)c2c1. The molecular weight excluding hydrogens is 428 g/mol. The van der Waals surface area contributed by atoms with Gasteiger partial charge in [-0.05, 0) is 93.9 Å². The third-order valence-electron chi connectivity index (χ3n) is 8.39. The molecule has 1 saturated heterocycles. The first-order valence-corrected chi connectivity index (χ1v) is 13.0. The minimum Gasteiger partial charge on any atom is -0.497 e. The van der Waals surface area contributed by atoms with Gasteiger partial charge in [0, 0.05) is 11.6 Å². The number of piperidine rings is 1. The van der Waals surface area contributed by atoms with Gasteiger partial charge in [0.1, 0.15) is 5.75 Å². The highest BCUT2D eigenvalue weighted by Crippen LogP contribution is 2.40. The number of aryl methyl sites for hydroxylation is 1. The lowest BCUT2D eigenvalue weighted by Crippen LogP contribution is -2.45. The minimum atomic E-state index is -0.753. The van der Waals surface area contributed by atoms with E-state index in [0.717, 1.165) is 53.3 Å². The Labute approximate surface area is 203 Å². The van der Waals surface area contributed by atoms with E-state index in [1.165, 1.54) is 38.5 Å². The molecule has 0 radical (unpaired) electrons. The van der Waals surface area contributed by atoms with Crippen LogP contribution in [-0.4, -0.2) is 52.8 Å². The number of carbonyl (C=O) groups is 1. The summed E-state index contributed by atoms with van der Waals surface area (Å²) < 4.78 is 5.38. The molecule has 4 rings (SSSR count). The van der Waals surface area contributed by atoms with Gasteiger partial charge in [-0.2, -0.15) is 0 Å². The van der Waals surface area contributed by atoms with Crippen molar-refractivity contribution in [3.8, 4) is 5.75 Å². The summed E-state index contributed by atoms with van der Waals surface area (Å²) in [5, 5.41) is 22.2. The van der Waals surface area contributed by atoms with Crippen LogP contribution in [0.2, 0.25) is 0 Å². The predicted molar refractivity (Wildman–Crippen MR) is 134 cm³/mol. The Morgan fingerprint density at radius 3 is 2.65 bits per heavy atom. The number of carboxylic acid groups (broad SMARTS) is 1. The zero-order valence-corrected chi connectivity index (χ0v) is 20.8. The maximum absolute atomic E-state index is 12.4. The van der Waals surface area contributed by atoms with Crippen LogP contribution in [-0.2, 0) is 4.79 Å². The number of pyridine rings is 1. The Kier molecular flexibility index (Phi) is 8.10. The molecule has 2 aliphatic rings. The average Bonchev–Trinajstić information content (AvgIpc) is 2.86. The maximum atomic E-state index is 12.4. The molecule has 6 heteroatoms. The van der Waals surface area contributed by atoms with Crippen molar-refractivity contribution in [3.63, 3.8) is 0 Å². The Morgan fingerprint density at radius 1 is 1.24 bits per heavy atom. The second-order valence-corrected chi connectivity index (χ2v) is 10.5. The quantitative estimate of drug-likeness (QED) is 0.505. The summed E-state index contributed by atoms with van der Waals surface area (Å²) in [4.78, 5) is 19.3. The molecule has 2 heterocycles. The highest BCUT2D eigenvalue weighted by molar-refractivity contribution is 5.85. The topological polar surface area (TPSA) is 82.9 Å². The first-order valence-electron chi connectivity index (χ1n) is 13.0. The Morgan fingerprint density at radius 2 is 1.97 bits per heavy atom. The number of aromatic nitrogens is 1. The number of aliphatic hydroxyl groups excluding tert-OH is 1. The lowest BCUT2D eigenvalue weighted by atomic mass is 9.73. The van der Waals surface area contributed by atoms with Crippen LogP contribution >= 0.6 is 0 Å². The van der Waals surface area contributed by atoms with Crippen molar-refractivity contribution in [2.24, 2.45) is 11.3 Å². The third-order valence-corrected chi connectivity index (χ3v) is 8.39. The summed E-state index contributed by atoms with van der Waals surface area (Å²) in [6.45, 7) is 4.71. The molecule has 0 amide bonds. The molecule has 6 nitrogen and oxygen atoms in total. The largest absolute Gasteiger partial charge is 0.497 e. The standard InChI is InChI=1S/C28H40N2O4/c1-20-19-29-24-9-8-22(34-2)18-23(24)26(20)25(31)10-12-28(27(32)33)13-16-30(17-14-28)15-11-21-6-4-3-5-7-21/h8-9,18-19,21,25,31H,3-7,10-17H2,1-2H3,(H,32,33)/t25-/m1/s1. The van der Waals surface area contributed by atoms with Crippen LogP contribution in [0.4, 0.5) is 0 Å². The van der Waals surface area contributed by atoms with E-state index < -0.39 is 17.5 Å². The molecule has 1 aliphatic heterocycles. The van der Waals surface area contributed by atoms with Crippen molar-refractivity contribution < 1.29 is 19.7 Å². The molecule has 2 aromatic rings. The first kappa shape index (κ1) is 24.9. The number of aliphatic hydroxyl groups is 1. The van der Waals surface area contributed by atoms with Crippen LogP contribution in [0.1, 0.15) is 81.4 Å². The fourth-order valence-corrected chi connectivity index (χ4v) is 6.03. The van der Waals surface area contributed by atoms with Crippen LogP contribution in [0.15, 0.2) is 24.4 Å². The lowest BCUT2D eigenvalue weighted by molar-refractivity contribution is -0.153. The zero-order valence-electron chi connectivity index (χ0n) is 20.8. The van der Waals surface area contributed by atoms with E-state index in [4.69, 9.17) is 4.74 Å². The molecule has 1 aromatic carbocycles. The van der Waals surface area contributed by atoms with Crippen molar-refractivity contribution in [2.75, 3.05) is 26.7 Å². The van der Waals surface area contributed by atoms with Crippen LogP contribution in [0.25, 0.3) is 10.9 Å². The molecule has 2 fully saturated rings. The second kappa shape index (κ2) is 11.0. The lowest BCUT2D eigenvalue weighted by Gasteiger charge is -2.40. The number of likely N-dealkylation sites (tertiary alicyclic amines) is 1. The molecule has 2 N–H and O–H groups in total. The van der Waals surface area contributed by atoms with Crippen molar-refractivity contribution in [1.29, 1.82) is 0 Å². The maximum Gasteiger partial charge on any atom is 0.309 e. The molecule has 0 unspecified atom stereocenters. The molecule has 0 spiro atoms. The Hall–Kier alpha value is -2.18. The van der Waals surface area contributed by atoms with E-state index in [-0.39, 0.29) is 0 Å². The number of fused-ring (bicyclic) bond motifs is 1. The fraction of sp³-hybridized carbons (Fsp3) is 0.643. The van der Waals surface area contributed by atoms with Crippen molar-refractivity contribution in [3.05, 3.63) is 35.5 Å². The highest BCUT2D eigenvalue weighted by Gasteiger charge is 2.41. The fourth-order valence-electron chi connectivity index (χ4n) is 6.03. The monoisotopic (exact) mass is 468 g/mol. The Bertz CT molecular complexity index is 978. The zero-order chi connectivity index (χ0) is 24.1. The molecule has 0 bridgehead atoms. The van der Waals surface area contributed by atoms with Gasteiger partial charge < -0.3 is 19.8 Å². The average molecular weight is 469 g/mol. The summed E-state index contributed by atoms with van der Waals surface area (Å²) in [6.07, 6.45) is 11.4. The summed E-state index contributed by atoms with van der Waals surface area (Å²) in [5.41, 5.74) is 1.79. The molecule has 34 heavy (non-hydrogen) atoms. The molecule has 186 valence electrons. The number of aliphatic carboxylic acids is 1. The van der Waals surface area contributed by atoms with Gasteiger partial charge >= 0.3 is 5.97 Å². The van der Waals surface area contributed by atoms with E-state index >= 15 is 0 Å². The number of rotatable bonds is 9. The van der Waals surface area contributed by atoms with Crippen molar-refractivity contribution in [2.45, 2.75) is 77.2 Å². The summed E-state index contributed by atoms with van der Waals surface area (Å²) >= 11 is 0. The second-order valence-electron chi connectivity index (χ2n) is 10.5. The third kappa shape index (κ3) is 5.55. The van der Waals surface area contributed by atoms with E-state index in [1.54, 1.807) is 13.3 Å². The van der Waals surface area contributed by atoms with Gasteiger partial charge in [-0.15, -0.1) is 0 Å². The molecule has 1 aromatic heterocycles. The molecule has 1 saturated carbocycles. The van der Waals surface area contributed by atoms with Gasteiger partial charge in [0.25, 0.3) is 0 Å². The summed E-state index contributed by atoms with van der Waals surface area (Å²) in [5.74, 6) is 0.854. The number of hydrogen-bond donors (Lipinski definition) is 2. The molecule has 1 aliphatic carbocycles. The minimum absolute atomic E-state index is 0.422. The highest BCUT2D eigenvalue weighted by atomic mass is 16.5. The van der Waals surface area contributed by atoms with Gasteiger partial charge in [0.2, 0.25) is 0 Å². The van der Waals surface area contributed by atoms with E-state index in [1.807, 2.05) is 25.1 Å². The van der Waals surface area contributed by atoms with Crippen molar-refractivity contribution in [1.82, 2.24) is 9.88 Å². The van der Waals surface area contributed by atoms with Crippen LogP contribution in [0, 0.1) is 18.3 Å². The van der Waals surface area contributed by atoms with E-state index in [9.17, 15) is 15.0 Å². The van der Waals surface area contributed by atoms with E-state index in [0.29, 0.717) is 25.7 Å². The molecule has 1 atom stereocenters. The number of hydrogen-bond acceptors (Lipinski definition) is 5. The number of benzene rings is 1. The number of carboxylic acids is 1.